The topological polar surface area (TPSA) is 61.4 Å². The van der Waals surface area contributed by atoms with Crippen molar-refractivity contribution in [1.82, 2.24) is 10.2 Å². The highest BCUT2D eigenvalue weighted by molar-refractivity contribution is 5.94. The molecule has 1 aromatic carbocycles. The summed E-state index contributed by atoms with van der Waals surface area (Å²) < 4.78 is 39.0. The van der Waals surface area contributed by atoms with Crippen molar-refractivity contribution in [3.63, 3.8) is 0 Å². The first-order chi connectivity index (χ1) is 11.5. The molecular weight excluding hydrogens is 335 g/mol. The van der Waals surface area contributed by atoms with E-state index in [1.807, 2.05) is 19.1 Å². The number of aryl methyl sites for hydroxylation is 1. The number of carbonyl (C=O) groups is 2. The smallest absolute Gasteiger partial charge is 0.335 e. The predicted octanol–water partition coefficient (Wildman–Crippen LogP) is 2.71. The summed E-state index contributed by atoms with van der Waals surface area (Å²) in [4.78, 5) is 25.0. The van der Waals surface area contributed by atoms with Crippen molar-refractivity contribution in [3.05, 3.63) is 29.8 Å². The lowest BCUT2D eigenvalue weighted by molar-refractivity contribution is -0.192. The molecule has 0 spiro atoms. The molecule has 0 unspecified atom stereocenters. The lowest BCUT2D eigenvalue weighted by atomic mass is 9.98. The second-order valence-electron chi connectivity index (χ2n) is 6.20. The van der Waals surface area contributed by atoms with Gasteiger partial charge in [-0.3, -0.25) is 14.9 Å². The zero-order valence-corrected chi connectivity index (χ0v) is 14.8. The summed E-state index contributed by atoms with van der Waals surface area (Å²) in [6, 6.07) is 7.12. The van der Waals surface area contributed by atoms with Crippen molar-refractivity contribution < 1.29 is 22.8 Å². The molecule has 140 valence electrons. The van der Waals surface area contributed by atoms with Crippen LogP contribution in [0.25, 0.3) is 0 Å². The molecule has 1 atom stereocenters. The van der Waals surface area contributed by atoms with Gasteiger partial charge in [-0.1, -0.05) is 24.6 Å². The maximum Gasteiger partial charge on any atom is 0.406 e. The van der Waals surface area contributed by atoms with Crippen LogP contribution in [0.5, 0.6) is 0 Å². The van der Waals surface area contributed by atoms with Gasteiger partial charge in [0.25, 0.3) is 0 Å². The van der Waals surface area contributed by atoms with Crippen LogP contribution in [0.15, 0.2) is 24.3 Å². The van der Waals surface area contributed by atoms with Gasteiger partial charge in [-0.15, -0.1) is 0 Å². The monoisotopic (exact) mass is 359 g/mol. The Bertz CT molecular complexity index is 602. The zero-order chi connectivity index (χ0) is 19.3. The van der Waals surface area contributed by atoms with Gasteiger partial charge in [0.2, 0.25) is 11.8 Å². The Balaban J connectivity index is 2.53. The van der Waals surface area contributed by atoms with Crippen molar-refractivity contribution >= 4 is 17.5 Å². The van der Waals surface area contributed by atoms with Crippen molar-refractivity contribution in [1.29, 1.82) is 0 Å². The molecule has 0 aliphatic heterocycles. The second kappa shape index (κ2) is 8.33. The van der Waals surface area contributed by atoms with Crippen molar-refractivity contribution in [2.45, 2.75) is 38.9 Å². The minimum Gasteiger partial charge on any atom is -0.335 e. The Morgan fingerprint density at radius 1 is 1.16 bits per heavy atom. The molecule has 1 aromatic rings. The van der Waals surface area contributed by atoms with Crippen LogP contribution in [-0.4, -0.2) is 48.6 Å². The highest BCUT2D eigenvalue weighted by atomic mass is 19.4. The van der Waals surface area contributed by atoms with E-state index in [9.17, 15) is 22.8 Å². The van der Waals surface area contributed by atoms with E-state index in [-0.39, 0.29) is 13.0 Å². The highest BCUT2D eigenvalue weighted by Crippen LogP contribution is 2.32. The van der Waals surface area contributed by atoms with Gasteiger partial charge in [0, 0.05) is 12.7 Å². The molecule has 0 saturated heterocycles. The Morgan fingerprint density at radius 2 is 1.72 bits per heavy atom. The van der Waals surface area contributed by atoms with Crippen LogP contribution in [0.1, 0.15) is 25.8 Å². The maximum atomic E-state index is 13.0. The average molecular weight is 359 g/mol. The fourth-order valence-corrected chi connectivity index (χ4v) is 1.97. The van der Waals surface area contributed by atoms with Crippen LogP contribution in [0, 0.1) is 6.92 Å². The SMILES string of the molecule is CC[C@](C)(NCC(=O)N(C)CC(=O)Nc1ccc(C)cc1)C(F)(F)F. The third kappa shape index (κ3) is 6.04. The summed E-state index contributed by atoms with van der Waals surface area (Å²) in [6.07, 6.45) is -4.68. The quantitative estimate of drug-likeness (QED) is 0.787. The molecule has 2 amide bonds. The van der Waals surface area contributed by atoms with E-state index < -0.39 is 30.1 Å². The van der Waals surface area contributed by atoms with Gasteiger partial charge in [0.05, 0.1) is 13.1 Å². The number of halogens is 3. The molecular formula is C17H24F3N3O2. The number of benzene rings is 1. The Morgan fingerprint density at radius 3 is 2.20 bits per heavy atom. The van der Waals surface area contributed by atoms with E-state index in [2.05, 4.69) is 10.6 Å². The second-order valence-corrected chi connectivity index (χ2v) is 6.20. The van der Waals surface area contributed by atoms with Crippen molar-refractivity contribution in [3.8, 4) is 0 Å². The number of hydrogen-bond acceptors (Lipinski definition) is 3. The van der Waals surface area contributed by atoms with Crippen LogP contribution in [-0.2, 0) is 9.59 Å². The number of anilines is 1. The van der Waals surface area contributed by atoms with E-state index in [1.165, 1.54) is 14.0 Å². The molecule has 25 heavy (non-hydrogen) atoms. The summed E-state index contributed by atoms with van der Waals surface area (Å²) in [6.45, 7) is 3.56. The molecule has 0 fully saturated rings. The van der Waals surface area contributed by atoms with Gasteiger partial charge in [-0.2, -0.15) is 13.2 Å². The predicted molar refractivity (Wildman–Crippen MR) is 90.2 cm³/mol. The summed E-state index contributed by atoms with van der Waals surface area (Å²) >= 11 is 0. The molecule has 0 bridgehead atoms. The largest absolute Gasteiger partial charge is 0.406 e. The minimum atomic E-state index is -4.47. The zero-order valence-electron chi connectivity index (χ0n) is 14.8. The molecule has 2 N–H and O–H groups in total. The number of alkyl halides is 3. The molecule has 0 heterocycles. The average Bonchev–Trinajstić information content (AvgIpc) is 2.53. The van der Waals surface area contributed by atoms with Crippen LogP contribution < -0.4 is 10.6 Å². The number of carbonyl (C=O) groups excluding carboxylic acids is 2. The number of nitrogens with zero attached hydrogens (tertiary/aromatic N) is 1. The molecule has 5 nitrogen and oxygen atoms in total. The third-order valence-corrected chi connectivity index (χ3v) is 4.10. The van der Waals surface area contributed by atoms with Gasteiger partial charge in [0.1, 0.15) is 5.54 Å². The Hall–Kier alpha value is -2.09. The molecule has 0 aromatic heterocycles. The standard InChI is InChI=1S/C17H24F3N3O2/c1-5-16(3,17(18,19)20)21-10-15(25)23(4)11-14(24)22-13-8-6-12(2)7-9-13/h6-9,21H,5,10-11H2,1-4H3,(H,22,24)/t16-/m0/s1. The van der Waals surface area contributed by atoms with E-state index in [1.54, 1.807) is 12.1 Å². The molecule has 0 radical (unpaired) electrons. The highest BCUT2D eigenvalue weighted by Gasteiger charge is 2.49. The van der Waals surface area contributed by atoms with Crippen molar-refractivity contribution in [2.75, 3.05) is 25.5 Å². The van der Waals surface area contributed by atoms with Gasteiger partial charge in [0.15, 0.2) is 0 Å². The van der Waals surface area contributed by atoms with Crippen LogP contribution in [0.4, 0.5) is 18.9 Å². The van der Waals surface area contributed by atoms with Gasteiger partial charge < -0.3 is 10.2 Å². The molecule has 0 aliphatic rings. The summed E-state index contributed by atoms with van der Waals surface area (Å²) in [5.74, 6) is -1.02. The first-order valence-corrected chi connectivity index (χ1v) is 7.90. The van der Waals surface area contributed by atoms with Crippen LogP contribution in [0.3, 0.4) is 0 Å². The van der Waals surface area contributed by atoms with E-state index in [4.69, 9.17) is 0 Å². The van der Waals surface area contributed by atoms with Crippen LogP contribution >= 0.6 is 0 Å². The van der Waals surface area contributed by atoms with Crippen molar-refractivity contribution in [2.24, 2.45) is 0 Å². The number of hydrogen-bond donors (Lipinski definition) is 2. The number of rotatable bonds is 7. The van der Waals surface area contributed by atoms with Gasteiger partial charge in [-0.25, -0.2) is 0 Å². The van der Waals surface area contributed by atoms with Gasteiger partial charge in [-0.05, 0) is 32.4 Å². The molecule has 8 heteroatoms. The number of likely N-dealkylation sites (N-methyl/N-ethyl adjacent to an activating group) is 1. The fourth-order valence-electron chi connectivity index (χ4n) is 1.97. The summed E-state index contributed by atoms with van der Waals surface area (Å²) in [5.41, 5.74) is -0.515. The van der Waals surface area contributed by atoms with Gasteiger partial charge >= 0.3 is 6.18 Å². The van der Waals surface area contributed by atoms with E-state index >= 15 is 0 Å². The molecule has 0 saturated carbocycles. The fraction of sp³-hybridized carbons (Fsp3) is 0.529. The lowest BCUT2D eigenvalue weighted by Gasteiger charge is -2.32. The van der Waals surface area contributed by atoms with E-state index in [0.29, 0.717) is 5.69 Å². The Kier molecular flexibility index (Phi) is 6.98. The first-order valence-electron chi connectivity index (χ1n) is 7.90. The maximum absolute atomic E-state index is 13.0. The normalized spacial score (nSPS) is 13.9. The van der Waals surface area contributed by atoms with E-state index in [0.717, 1.165) is 17.4 Å². The third-order valence-electron chi connectivity index (χ3n) is 4.10. The molecule has 0 aliphatic carbocycles. The summed E-state index contributed by atoms with van der Waals surface area (Å²) in [5, 5.41) is 4.88. The Labute approximate surface area is 145 Å². The van der Waals surface area contributed by atoms with Crippen LogP contribution in [0.2, 0.25) is 0 Å². The minimum absolute atomic E-state index is 0.207. The summed E-state index contributed by atoms with van der Waals surface area (Å²) in [7, 11) is 1.37. The number of amides is 2. The number of nitrogens with one attached hydrogen (secondary N) is 2. The first kappa shape index (κ1) is 21.0. The lowest BCUT2D eigenvalue weighted by Crippen LogP contribution is -2.56. The molecule has 1 rings (SSSR count).